The average Bonchev–Trinajstić information content (AvgIpc) is 3.08. The highest BCUT2D eigenvalue weighted by Gasteiger charge is 2.25. The van der Waals surface area contributed by atoms with Gasteiger partial charge in [0.15, 0.2) is 6.29 Å². The summed E-state index contributed by atoms with van der Waals surface area (Å²) in [5.41, 5.74) is 2.76. The van der Waals surface area contributed by atoms with E-state index in [0.717, 1.165) is 35.7 Å². The van der Waals surface area contributed by atoms with Gasteiger partial charge >= 0.3 is 0 Å². The number of benzene rings is 1. The molecule has 6 heteroatoms. The second-order valence-corrected chi connectivity index (χ2v) is 5.94. The number of aromatic nitrogens is 2. The summed E-state index contributed by atoms with van der Waals surface area (Å²) in [6.45, 7) is 3.16. The molecule has 0 radical (unpaired) electrons. The second-order valence-electron chi connectivity index (χ2n) is 5.94. The van der Waals surface area contributed by atoms with E-state index in [-0.39, 0.29) is 12.4 Å². The highest BCUT2D eigenvalue weighted by Crippen LogP contribution is 2.28. The van der Waals surface area contributed by atoms with E-state index in [2.05, 4.69) is 22.1 Å². The average molecular weight is 313 g/mol. The Morgan fingerprint density at radius 3 is 2.78 bits per heavy atom. The lowest BCUT2D eigenvalue weighted by atomic mass is 10.1. The third-order valence-corrected chi connectivity index (χ3v) is 4.04. The van der Waals surface area contributed by atoms with E-state index in [1.807, 2.05) is 30.3 Å². The lowest BCUT2D eigenvalue weighted by Gasteiger charge is -2.35. The van der Waals surface area contributed by atoms with Crippen molar-refractivity contribution in [1.29, 1.82) is 0 Å². The third kappa shape index (κ3) is 3.19. The molecule has 1 aromatic heterocycles. The summed E-state index contributed by atoms with van der Waals surface area (Å²) in [5.74, 6) is 0.756. The fourth-order valence-corrected chi connectivity index (χ4v) is 2.86. The van der Waals surface area contributed by atoms with E-state index >= 15 is 0 Å². The lowest BCUT2D eigenvalue weighted by molar-refractivity contribution is -0.0440. The minimum absolute atomic E-state index is 0.240. The van der Waals surface area contributed by atoms with Crippen molar-refractivity contribution in [2.24, 2.45) is 0 Å². The first-order valence-corrected chi connectivity index (χ1v) is 7.79. The number of ether oxygens (including phenoxy) is 3. The van der Waals surface area contributed by atoms with Crippen molar-refractivity contribution in [3.63, 3.8) is 0 Å². The predicted molar refractivity (Wildman–Crippen MR) is 84.0 cm³/mol. The van der Waals surface area contributed by atoms with Crippen molar-refractivity contribution in [3.05, 3.63) is 42.1 Å². The predicted octanol–water partition coefficient (Wildman–Crippen LogP) is 1.88. The minimum Gasteiger partial charge on any atom is -0.486 e. The van der Waals surface area contributed by atoms with Gasteiger partial charge in [0.05, 0.1) is 25.1 Å². The number of nitrogens with zero attached hydrogens (tertiary/aromatic N) is 3. The summed E-state index contributed by atoms with van der Waals surface area (Å²) in [7, 11) is 2.08. The molecule has 0 aliphatic carbocycles. The largest absolute Gasteiger partial charge is 0.486 e. The quantitative estimate of drug-likeness (QED) is 0.859. The van der Waals surface area contributed by atoms with Crippen LogP contribution < -0.4 is 4.74 Å². The highest BCUT2D eigenvalue weighted by atomic mass is 16.7. The molecule has 6 nitrogen and oxygen atoms in total. The highest BCUT2D eigenvalue weighted by molar-refractivity contribution is 5.61. The van der Waals surface area contributed by atoms with Crippen LogP contribution in [0.15, 0.2) is 36.5 Å². The van der Waals surface area contributed by atoms with Crippen molar-refractivity contribution >= 4 is 0 Å². The molecule has 2 aliphatic heterocycles. The molecule has 120 valence electrons. The third-order valence-electron chi connectivity index (χ3n) is 4.04. The molecule has 2 saturated heterocycles. The Labute approximate surface area is 135 Å². The van der Waals surface area contributed by atoms with Gasteiger partial charge in [-0.25, -0.2) is 0 Å². The molecule has 0 amide bonds. The Hall–Kier alpha value is -2.02. The summed E-state index contributed by atoms with van der Waals surface area (Å²) in [6.07, 6.45) is 1.62. The lowest BCUT2D eigenvalue weighted by Crippen LogP contribution is -2.51. The molecule has 0 saturated carbocycles. The van der Waals surface area contributed by atoms with Gasteiger partial charge < -0.3 is 14.2 Å². The van der Waals surface area contributed by atoms with E-state index in [1.54, 1.807) is 6.20 Å². The zero-order chi connectivity index (χ0) is 15.6. The normalized spacial score (nSPS) is 19.7. The van der Waals surface area contributed by atoms with Crippen LogP contribution >= 0.6 is 0 Å². The maximum atomic E-state index is 5.92. The maximum Gasteiger partial charge on any atom is 0.184 e. The number of hydrogen-bond acceptors (Lipinski definition) is 6. The van der Waals surface area contributed by atoms with Crippen LogP contribution in [0.1, 0.15) is 11.9 Å². The molecular formula is C17H19N3O3. The molecule has 0 bridgehead atoms. The molecule has 0 spiro atoms. The van der Waals surface area contributed by atoms with Gasteiger partial charge in [-0.3, -0.25) is 4.90 Å². The Morgan fingerprint density at radius 1 is 1.17 bits per heavy atom. The maximum absolute atomic E-state index is 5.92. The summed E-state index contributed by atoms with van der Waals surface area (Å²) >= 11 is 0. The smallest absolute Gasteiger partial charge is 0.184 e. The molecule has 1 aromatic carbocycles. The first kappa shape index (κ1) is 14.6. The van der Waals surface area contributed by atoms with Gasteiger partial charge in [-0.05, 0) is 13.1 Å². The van der Waals surface area contributed by atoms with Crippen molar-refractivity contribution in [3.8, 4) is 17.0 Å². The van der Waals surface area contributed by atoms with Crippen molar-refractivity contribution in [1.82, 2.24) is 15.1 Å². The van der Waals surface area contributed by atoms with Gasteiger partial charge in [0.25, 0.3) is 0 Å². The fraction of sp³-hybridized carbons (Fsp3) is 0.412. The van der Waals surface area contributed by atoms with E-state index in [1.165, 1.54) is 0 Å². The number of likely N-dealkylation sites (tertiary alicyclic amines) is 1. The molecule has 2 aromatic rings. The molecule has 2 fully saturated rings. The van der Waals surface area contributed by atoms with Crippen LogP contribution in [-0.4, -0.2) is 54.6 Å². The minimum atomic E-state index is -0.284. The van der Waals surface area contributed by atoms with Crippen LogP contribution in [0, 0.1) is 0 Å². The van der Waals surface area contributed by atoms with E-state index in [0.29, 0.717) is 13.2 Å². The standard InChI is InChI=1S/C17H19N3O3/c1-20-10-15(11-20)23-14-8-16(19-18-9-14)12-3-2-4-13(7-12)17-21-5-6-22-17/h2-4,7-9,15,17H,5-6,10-11H2,1H3. The van der Waals surface area contributed by atoms with Crippen LogP contribution in [0.2, 0.25) is 0 Å². The Bertz CT molecular complexity index is 682. The molecule has 0 atom stereocenters. The topological polar surface area (TPSA) is 56.7 Å². The SMILES string of the molecule is CN1CC(Oc2cnnc(-c3cccc(C4OCCO4)c3)c2)C1. The van der Waals surface area contributed by atoms with Gasteiger partial charge in [-0.15, -0.1) is 0 Å². The monoisotopic (exact) mass is 313 g/mol. The molecule has 23 heavy (non-hydrogen) atoms. The molecule has 3 heterocycles. The van der Waals surface area contributed by atoms with Crippen LogP contribution in [0.25, 0.3) is 11.3 Å². The van der Waals surface area contributed by atoms with E-state index in [9.17, 15) is 0 Å². The van der Waals surface area contributed by atoms with Gasteiger partial charge in [0, 0.05) is 30.3 Å². The van der Waals surface area contributed by atoms with E-state index < -0.39 is 0 Å². The molecule has 2 aliphatic rings. The van der Waals surface area contributed by atoms with Crippen molar-refractivity contribution in [2.75, 3.05) is 33.4 Å². The molecule has 0 unspecified atom stereocenters. The Balaban J connectivity index is 1.54. The van der Waals surface area contributed by atoms with Crippen molar-refractivity contribution in [2.45, 2.75) is 12.4 Å². The van der Waals surface area contributed by atoms with Gasteiger partial charge in [0.2, 0.25) is 0 Å². The first-order valence-electron chi connectivity index (χ1n) is 7.79. The number of likely N-dealkylation sites (N-methyl/N-ethyl adjacent to an activating group) is 1. The summed E-state index contributed by atoms with van der Waals surface area (Å²) in [5, 5.41) is 8.29. The van der Waals surface area contributed by atoms with Crippen LogP contribution in [0.3, 0.4) is 0 Å². The first-order chi connectivity index (χ1) is 11.3. The summed E-state index contributed by atoms with van der Waals surface area (Å²) in [4.78, 5) is 2.21. The van der Waals surface area contributed by atoms with Crippen LogP contribution in [-0.2, 0) is 9.47 Å². The summed E-state index contributed by atoms with van der Waals surface area (Å²) in [6, 6.07) is 9.94. The van der Waals surface area contributed by atoms with Gasteiger partial charge in [-0.2, -0.15) is 10.2 Å². The molecule has 0 N–H and O–H groups in total. The fourth-order valence-electron chi connectivity index (χ4n) is 2.86. The number of rotatable bonds is 4. The molecule has 4 rings (SSSR count). The number of hydrogen-bond donors (Lipinski definition) is 0. The van der Waals surface area contributed by atoms with Gasteiger partial charge in [0.1, 0.15) is 11.9 Å². The zero-order valence-electron chi connectivity index (χ0n) is 13.0. The molecular weight excluding hydrogens is 294 g/mol. The van der Waals surface area contributed by atoms with Crippen LogP contribution in [0.4, 0.5) is 0 Å². The Kier molecular flexibility index (Phi) is 3.95. The van der Waals surface area contributed by atoms with Crippen LogP contribution in [0.5, 0.6) is 5.75 Å². The second kappa shape index (κ2) is 6.23. The Morgan fingerprint density at radius 2 is 2.00 bits per heavy atom. The van der Waals surface area contributed by atoms with Crippen molar-refractivity contribution < 1.29 is 14.2 Å². The van der Waals surface area contributed by atoms with E-state index in [4.69, 9.17) is 14.2 Å². The summed E-state index contributed by atoms with van der Waals surface area (Å²) < 4.78 is 17.0. The zero-order valence-corrected chi connectivity index (χ0v) is 13.0. The van der Waals surface area contributed by atoms with Gasteiger partial charge in [-0.1, -0.05) is 18.2 Å².